The molecule has 2 N–H and O–H groups in total. The fourth-order valence-electron chi connectivity index (χ4n) is 3.99. The first-order valence-corrected chi connectivity index (χ1v) is 10.5. The van der Waals surface area contributed by atoms with Crippen LogP contribution in [0.15, 0.2) is 21.8 Å². The number of carbonyl (C=O) groups is 2. The summed E-state index contributed by atoms with van der Waals surface area (Å²) in [6.45, 7) is 1.80. The molecule has 5 nitrogen and oxygen atoms in total. The minimum atomic E-state index is -0.301. The van der Waals surface area contributed by atoms with Crippen LogP contribution in [0.25, 0.3) is 0 Å². The molecule has 2 amide bonds. The van der Waals surface area contributed by atoms with Gasteiger partial charge in [-0.3, -0.25) is 9.52 Å². The van der Waals surface area contributed by atoms with Gasteiger partial charge in [-0.25, -0.2) is 4.79 Å². The van der Waals surface area contributed by atoms with E-state index in [9.17, 15) is 9.59 Å². The number of amides is 2. The van der Waals surface area contributed by atoms with Crippen LogP contribution in [-0.4, -0.2) is 11.8 Å². The minimum absolute atomic E-state index is 0.0161. The molecule has 1 aromatic carbocycles. The Morgan fingerprint density at radius 1 is 1.11 bits per heavy atom. The fraction of sp³-hybridized carbons (Fsp3) is 0.400. The van der Waals surface area contributed by atoms with Crippen LogP contribution in [0.3, 0.4) is 0 Å². The lowest BCUT2D eigenvalue weighted by Gasteiger charge is -2.17. The zero-order valence-corrected chi connectivity index (χ0v) is 16.7. The van der Waals surface area contributed by atoms with E-state index in [0.29, 0.717) is 17.1 Å². The molecule has 0 aliphatic heterocycles. The van der Waals surface area contributed by atoms with Gasteiger partial charge in [-0.05, 0) is 60.8 Å². The largest absolute Gasteiger partial charge is 0.456 e. The summed E-state index contributed by atoms with van der Waals surface area (Å²) in [7, 11) is 0. The summed E-state index contributed by atoms with van der Waals surface area (Å²) in [5.74, 6) is 0.0161. The van der Waals surface area contributed by atoms with Crippen molar-refractivity contribution in [1.29, 1.82) is 0 Å². The molecule has 142 valence electrons. The monoisotopic (exact) mass is 404 g/mol. The van der Waals surface area contributed by atoms with Gasteiger partial charge in [-0.2, -0.15) is 0 Å². The van der Waals surface area contributed by atoms with Crippen molar-refractivity contribution in [3.63, 3.8) is 0 Å². The van der Waals surface area contributed by atoms with Crippen molar-refractivity contribution >= 4 is 41.1 Å². The number of anilines is 1. The molecule has 0 fully saturated rings. The Kier molecular flexibility index (Phi) is 5.19. The van der Waals surface area contributed by atoms with Crippen molar-refractivity contribution in [3.8, 4) is 0 Å². The Hall–Kier alpha value is -1.92. The normalized spacial score (nSPS) is 14.7. The fourth-order valence-corrected chi connectivity index (χ4v) is 4.94. The highest BCUT2D eigenvalue weighted by Gasteiger charge is 2.28. The summed E-state index contributed by atoms with van der Waals surface area (Å²) < 4.78 is 8.08. The van der Waals surface area contributed by atoms with Crippen molar-refractivity contribution in [2.24, 2.45) is 0 Å². The number of carbonyl (C=O) groups excluding carboxylic acids is 2. The van der Waals surface area contributed by atoms with Crippen LogP contribution in [0.1, 0.15) is 58.8 Å². The van der Waals surface area contributed by atoms with Gasteiger partial charge in [-0.1, -0.05) is 18.5 Å². The zero-order valence-electron chi connectivity index (χ0n) is 15.1. The average molecular weight is 405 g/mol. The Balaban J connectivity index is 1.48. The Bertz CT molecular complexity index is 887. The second kappa shape index (κ2) is 7.60. The van der Waals surface area contributed by atoms with Crippen molar-refractivity contribution in [2.45, 2.75) is 57.0 Å². The molecule has 2 aliphatic rings. The van der Waals surface area contributed by atoms with Crippen molar-refractivity contribution in [2.75, 3.05) is 5.32 Å². The number of furan rings is 1. The molecule has 0 saturated carbocycles. The first-order chi connectivity index (χ1) is 13.1. The Morgan fingerprint density at radius 3 is 2.37 bits per heavy atom. The lowest BCUT2D eigenvalue weighted by atomic mass is 9.98. The van der Waals surface area contributed by atoms with Gasteiger partial charge in [0.25, 0.3) is 0 Å². The maximum atomic E-state index is 12.5. The quantitative estimate of drug-likeness (QED) is 0.521. The van der Waals surface area contributed by atoms with Crippen LogP contribution in [-0.2, 0) is 25.7 Å². The number of hydrogen-bond acceptors (Lipinski definition) is 4. The number of hydrogen-bond donors (Lipinski definition) is 2. The van der Waals surface area contributed by atoms with Crippen LogP contribution in [0.2, 0.25) is 5.02 Å². The van der Waals surface area contributed by atoms with Gasteiger partial charge in [0.2, 0.25) is 0 Å². The molecule has 1 aromatic heterocycles. The van der Waals surface area contributed by atoms with E-state index in [1.54, 1.807) is 13.0 Å². The maximum Gasteiger partial charge on any atom is 0.329 e. The lowest BCUT2D eigenvalue weighted by molar-refractivity contribution is 0.0987. The van der Waals surface area contributed by atoms with Crippen molar-refractivity contribution in [3.05, 3.63) is 45.2 Å². The molecular formula is C20H21ClN2O3S. The zero-order chi connectivity index (χ0) is 19.0. The van der Waals surface area contributed by atoms with Gasteiger partial charge in [0.15, 0.2) is 10.9 Å². The van der Waals surface area contributed by atoms with Crippen LogP contribution in [0.4, 0.5) is 10.5 Å². The second-order valence-electron chi connectivity index (χ2n) is 6.90. The van der Waals surface area contributed by atoms with E-state index in [0.717, 1.165) is 61.2 Å². The van der Waals surface area contributed by atoms with Crippen LogP contribution in [0.5, 0.6) is 0 Å². The number of urea groups is 1. The third-order valence-corrected chi connectivity index (χ3v) is 6.43. The highest BCUT2D eigenvalue weighted by atomic mass is 35.5. The first-order valence-electron chi connectivity index (χ1n) is 9.29. The molecule has 0 spiro atoms. The van der Waals surface area contributed by atoms with Crippen LogP contribution in [0, 0.1) is 0 Å². The summed E-state index contributed by atoms with van der Waals surface area (Å²) in [5, 5.41) is 4.44. The molecule has 0 unspecified atom stereocenters. The van der Waals surface area contributed by atoms with Gasteiger partial charge >= 0.3 is 6.03 Å². The SMILES string of the molecule is CCC(=O)c1coc(SNC(=O)Nc2c3c(c(Cl)c4c2CCC4)CCC3)c1. The van der Waals surface area contributed by atoms with Gasteiger partial charge in [0.1, 0.15) is 6.26 Å². The van der Waals surface area contributed by atoms with Gasteiger partial charge in [-0.15, -0.1) is 0 Å². The smallest absolute Gasteiger partial charge is 0.329 e. The summed E-state index contributed by atoms with van der Waals surface area (Å²) in [6, 6.07) is 1.35. The summed E-state index contributed by atoms with van der Waals surface area (Å²) >= 11 is 7.68. The molecule has 0 bridgehead atoms. The molecule has 2 aliphatic carbocycles. The predicted molar refractivity (Wildman–Crippen MR) is 107 cm³/mol. The average Bonchev–Trinajstić information content (AvgIpc) is 3.42. The van der Waals surface area contributed by atoms with Crippen LogP contribution >= 0.6 is 23.5 Å². The summed E-state index contributed by atoms with van der Waals surface area (Å²) in [4.78, 5) is 24.2. The Labute approximate surface area is 167 Å². The molecule has 0 saturated heterocycles. The summed E-state index contributed by atoms with van der Waals surface area (Å²) in [6.07, 6.45) is 7.85. The van der Waals surface area contributed by atoms with Crippen LogP contribution < -0.4 is 10.0 Å². The standard InChI is InChI=1S/C20H21ClN2O3S/c1-2-16(24)11-9-17(26-10-11)27-23-20(25)22-19-14-7-3-5-12(14)18(21)13-6-4-8-15(13)19/h9-10H,2-8H2,1H3,(H2,22,23,25). The number of halogens is 1. The van der Waals surface area contributed by atoms with E-state index in [1.807, 2.05) is 0 Å². The molecule has 27 heavy (non-hydrogen) atoms. The number of ketones is 1. The molecule has 1 heterocycles. The number of rotatable bonds is 5. The van der Waals surface area contributed by atoms with E-state index in [2.05, 4.69) is 10.0 Å². The molecule has 0 radical (unpaired) electrons. The number of nitrogens with one attached hydrogen (secondary N) is 2. The van der Waals surface area contributed by atoms with Crippen molar-refractivity contribution < 1.29 is 14.0 Å². The Morgan fingerprint density at radius 2 is 1.74 bits per heavy atom. The molecule has 2 aromatic rings. The van der Waals surface area contributed by atoms with E-state index < -0.39 is 0 Å². The topological polar surface area (TPSA) is 71.3 Å². The highest BCUT2D eigenvalue weighted by molar-refractivity contribution is 7.97. The number of Topliss-reactive ketones (excluding diaryl/α,β-unsaturated/α-hetero) is 1. The second-order valence-corrected chi connectivity index (χ2v) is 8.09. The summed E-state index contributed by atoms with van der Waals surface area (Å²) in [5.41, 5.74) is 6.25. The van der Waals surface area contributed by atoms with Gasteiger partial charge in [0.05, 0.1) is 5.56 Å². The van der Waals surface area contributed by atoms with Gasteiger partial charge in [0, 0.05) is 35.1 Å². The predicted octanol–water partition coefficient (Wildman–Crippen LogP) is 5.33. The van der Waals surface area contributed by atoms with E-state index >= 15 is 0 Å². The van der Waals surface area contributed by atoms with Gasteiger partial charge < -0.3 is 9.73 Å². The molecule has 4 rings (SSSR count). The third-order valence-electron chi connectivity index (χ3n) is 5.27. The van der Waals surface area contributed by atoms with E-state index in [4.69, 9.17) is 16.0 Å². The maximum absolute atomic E-state index is 12.5. The minimum Gasteiger partial charge on any atom is -0.456 e. The molecular weight excluding hydrogens is 384 g/mol. The highest BCUT2D eigenvalue weighted by Crippen LogP contribution is 2.44. The number of benzene rings is 1. The molecule has 0 atom stereocenters. The molecule has 7 heteroatoms. The lowest BCUT2D eigenvalue weighted by Crippen LogP contribution is -2.24. The third kappa shape index (κ3) is 3.48. The van der Waals surface area contributed by atoms with Crippen molar-refractivity contribution in [1.82, 2.24) is 4.72 Å². The van der Waals surface area contributed by atoms with E-state index in [1.165, 1.54) is 28.5 Å². The number of fused-ring (bicyclic) bond motifs is 2. The first kappa shape index (κ1) is 18.4. The van der Waals surface area contributed by atoms with E-state index in [-0.39, 0.29) is 11.8 Å².